The van der Waals surface area contributed by atoms with Crippen LogP contribution in [0.15, 0.2) is 46.3 Å². The van der Waals surface area contributed by atoms with Crippen LogP contribution in [0.1, 0.15) is 29.2 Å². The Morgan fingerprint density at radius 1 is 1.08 bits per heavy atom. The van der Waals surface area contributed by atoms with Gasteiger partial charge in [0.1, 0.15) is 11.4 Å². The summed E-state index contributed by atoms with van der Waals surface area (Å²) in [5.41, 5.74) is 5.81. The largest absolute Gasteiger partial charge is 0.506 e. The minimum absolute atomic E-state index is 0.0938. The number of allylic oxidation sites excluding steroid dienone is 1. The molecule has 1 saturated heterocycles. The summed E-state index contributed by atoms with van der Waals surface area (Å²) in [7, 11) is 0. The van der Waals surface area contributed by atoms with E-state index in [4.69, 9.17) is 0 Å². The summed E-state index contributed by atoms with van der Waals surface area (Å²) in [5, 5.41) is 13.2. The zero-order valence-corrected chi connectivity index (χ0v) is 15.5. The molecule has 2 aromatic carbocycles. The molecule has 0 bridgehead atoms. The number of hydrogen-bond donors (Lipinski definition) is 2. The van der Waals surface area contributed by atoms with E-state index in [-0.39, 0.29) is 11.7 Å². The van der Waals surface area contributed by atoms with E-state index < -0.39 is 0 Å². The smallest absolute Gasteiger partial charge is 0.264 e. The Balaban J connectivity index is 1.95. The molecule has 1 aliphatic heterocycles. The molecule has 4 nitrogen and oxygen atoms in total. The van der Waals surface area contributed by atoms with Crippen LogP contribution in [-0.4, -0.2) is 16.2 Å². The highest BCUT2D eigenvalue weighted by Gasteiger charge is 2.26. The van der Waals surface area contributed by atoms with Gasteiger partial charge < -0.3 is 10.4 Å². The van der Waals surface area contributed by atoms with Gasteiger partial charge in [0, 0.05) is 0 Å². The second-order valence-corrected chi connectivity index (χ2v) is 7.22. The number of amides is 1. The number of hydrogen-bond acceptors (Lipinski definition) is 4. The molecule has 25 heavy (non-hydrogen) atoms. The summed E-state index contributed by atoms with van der Waals surface area (Å²) in [6.45, 7) is 8.00. The van der Waals surface area contributed by atoms with Crippen molar-refractivity contribution in [1.29, 1.82) is 0 Å². The summed E-state index contributed by atoms with van der Waals surface area (Å²) >= 11 is 1.30. The molecule has 0 saturated carbocycles. The molecule has 1 amide bonds. The SMILES string of the molecule is C/C(=C1/SC(=Nc2cc(C)ccc2O)NC1=O)c1ccc(C)c(C)c1. The third-order valence-corrected chi connectivity index (χ3v) is 5.34. The van der Waals surface area contributed by atoms with Crippen LogP contribution in [-0.2, 0) is 4.79 Å². The quantitative estimate of drug-likeness (QED) is 0.777. The first-order valence-electron chi connectivity index (χ1n) is 8.01. The Kier molecular flexibility index (Phi) is 4.68. The summed E-state index contributed by atoms with van der Waals surface area (Å²) in [6.07, 6.45) is 0. The van der Waals surface area contributed by atoms with Gasteiger partial charge in [-0.25, -0.2) is 4.99 Å². The summed E-state index contributed by atoms with van der Waals surface area (Å²) < 4.78 is 0. The second kappa shape index (κ2) is 6.76. The van der Waals surface area contributed by atoms with Crippen molar-refractivity contribution in [2.75, 3.05) is 0 Å². The van der Waals surface area contributed by atoms with Crippen LogP contribution in [0.2, 0.25) is 0 Å². The molecule has 1 fully saturated rings. The third-order valence-electron chi connectivity index (χ3n) is 4.26. The number of benzene rings is 2. The highest BCUT2D eigenvalue weighted by molar-refractivity contribution is 8.18. The minimum atomic E-state index is -0.161. The van der Waals surface area contributed by atoms with Crippen LogP contribution < -0.4 is 5.32 Å². The van der Waals surface area contributed by atoms with Gasteiger partial charge in [-0.2, -0.15) is 0 Å². The van der Waals surface area contributed by atoms with Crippen molar-refractivity contribution < 1.29 is 9.90 Å². The highest BCUT2D eigenvalue weighted by atomic mass is 32.2. The topological polar surface area (TPSA) is 61.7 Å². The predicted octanol–water partition coefficient (Wildman–Crippen LogP) is 4.60. The minimum Gasteiger partial charge on any atom is -0.506 e. The van der Waals surface area contributed by atoms with Crippen LogP contribution >= 0.6 is 11.8 Å². The van der Waals surface area contributed by atoms with E-state index in [0.29, 0.717) is 15.8 Å². The Morgan fingerprint density at radius 2 is 1.84 bits per heavy atom. The van der Waals surface area contributed by atoms with Crippen molar-refractivity contribution in [2.24, 2.45) is 4.99 Å². The molecule has 2 aromatic rings. The molecular weight excluding hydrogens is 332 g/mol. The summed E-state index contributed by atoms with van der Waals surface area (Å²) in [4.78, 5) is 17.4. The molecule has 0 aliphatic carbocycles. The molecule has 128 valence electrons. The lowest BCUT2D eigenvalue weighted by Crippen LogP contribution is -2.19. The Hall–Kier alpha value is -2.53. The molecule has 2 N–H and O–H groups in total. The lowest BCUT2D eigenvalue weighted by molar-refractivity contribution is -0.115. The van der Waals surface area contributed by atoms with E-state index in [1.807, 2.05) is 26.0 Å². The number of rotatable bonds is 2. The number of phenolic OH excluding ortho intramolecular Hbond substituents is 1. The first-order chi connectivity index (χ1) is 11.8. The Morgan fingerprint density at radius 3 is 2.56 bits per heavy atom. The van der Waals surface area contributed by atoms with Crippen LogP contribution in [0, 0.1) is 20.8 Å². The van der Waals surface area contributed by atoms with E-state index in [1.54, 1.807) is 12.1 Å². The van der Waals surface area contributed by atoms with Crippen molar-refractivity contribution in [3.63, 3.8) is 0 Å². The fourth-order valence-corrected chi connectivity index (χ4v) is 3.45. The van der Waals surface area contributed by atoms with Crippen LogP contribution in [0.5, 0.6) is 5.75 Å². The number of aliphatic imine (C=N–C) groups is 1. The lowest BCUT2D eigenvalue weighted by atomic mass is 10.0. The molecule has 0 radical (unpaired) electrons. The van der Waals surface area contributed by atoms with E-state index in [1.165, 1.54) is 22.9 Å². The molecule has 0 aromatic heterocycles. The van der Waals surface area contributed by atoms with Gasteiger partial charge >= 0.3 is 0 Å². The fourth-order valence-electron chi connectivity index (χ4n) is 2.56. The zero-order valence-electron chi connectivity index (χ0n) is 14.7. The number of aryl methyl sites for hydroxylation is 3. The summed E-state index contributed by atoms with van der Waals surface area (Å²) in [5.74, 6) is -0.0668. The molecule has 1 heterocycles. The Bertz CT molecular complexity index is 929. The molecule has 0 unspecified atom stereocenters. The molecular formula is C20H20N2O2S. The van der Waals surface area contributed by atoms with Gasteiger partial charge in [0.05, 0.1) is 4.91 Å². The van der Waals surface area contributed by atoms with Gasteiger partial charge in [0.15, 0.2) is 5.17 Å². The average molecular weight is 352 g/mol. The molecule has 1 aliphatic rings. The molecule has 0 spiro atoms. The number of nitrogens with zero attached hydrogens (tertiary/aromatic N) is 1. The average Bonchev–Trinajstić information content (AvgIpc) is 2.93. The Labute approximate surface area is 151 Å². The predicted molar refractivity (Wildman–Crippen MR) is 104 cm³/mol. The van der Waals surface area contributed by atoms with Gasteiger partial charge in [-0.05, 0) is 79.4 Å². The highest BCUT2D eigenvalue weighted by Crippen LogP contribution is 2.35. The van der Waals surface area contributed by atoms with Crippen LogP contribution in [0.3, 0.4) is 0 Å². The number of phenols is 1. The number of thioether (sulfide) groups is 1. The molecule has 3 rings (SSSR count). The normalized spacial score (nSPS) is 17.8. The van der Waals surface area contributed by atoms with Gasteiger partial charge in [-0.3, -0.25) is 4.79 Å². The van der Waals surface area contributed by atoms with Crippen molar-refractivity contribution in [2.45, 2.75) is 27.7 Å². The van der Waals surface area contributed by atoms with Crippen molar-refractivity contribution in [1.82, 2.24) is 5.32 Å². The van der Waals surface area contributed by atoms with Crippen LogP contribution in [0.25, 0.3) is 5.57 Å². The van der Waals surface area contributed by atoms with Crippen molar-refractivity contribution in [3.05, 3.63) is 63.6 Å². The third kappa shape index (κ3) is 3.61. The maximum Gasteiger partial charge on any atom is 0.264 e. The number of amidine groups is 1. The first-order valence-corrected chi connectivity index (χ1v) is 8.83. The van der Waals surface area contributed by atoms with Crippen molar-refractivity contribution >= 4 is 34.1 Å². The van der Waals surface area contributed by atoms with Crippen molar-refractivity contribution in [3.8, 4) is 5.75 Å². The van der Waals surface area contributed by atoms with Gasteiger partial charge in [0.2, 0.25) is 0 Å². The second-order valence-electron chi connectivity index (χ2n) is 6.22. The number of aromatic hydroxyl groups is 1. The number of carbonyl (C=O) groups is 1. The van der Waals surface area contributed by atoms with Gasteiger partial charge in [0.25, 0.3) is 5.91 Å². The fraction of sp³-hybridized carbons (Fsp3) is 0.200. The standard InChI is InChI=1S/C20H20N2O2S/c1-11-5-8-17(23)16(9-11)21-20-22-19(24)18(25-20)14(4)15-7-6-12(2)13(3)10-15/h5-10,23H,1-4H3,(H,21,22,24)/b18-14-. The van der Waals surface area contributed by atoms with E-state index in [0.717, 1.165) is 16.7 Å². The van der Waals surface area contributed by atoms with E-state index >= 15 is 0 Å². The molecule has 5 heteroatoms. The maximum atomic E-state index is 12.4. The van der Waals surface area contributed by atoms with Gasteiger partial charge in [-0.15, -0.1) is 0 Å². The van der Waals surface area contributed by atoms with E-state index in [2.05, 4.69) is 36.3 Å². The maximum absolute atomic E-state index is 12.4. The number of nitrogens with one attached hydrogen (secondary N) is 1. The summed E-state index contributed by atoms with van der Waals surface area (Å²) in [6, 6.07) is 11.4. The molecule has 0 atom stereocenters. The zero-order chi connectivity index (χ0) is 18.1. The lowest BCUT2D eigenvalue weighted by Gasteiger charge is -2.07. The van der Waals surface area contributed by atoms with Gasteiger partial charge in [-0.1, -0.05) is 24.3 Å². The monoisotopic (exact) mass is 352 g/mol. The van der Waals surface area contributed by atoms with Crippen LogP contribution in [0.4, 0.5) is 5.69 Å². The first kappa shape index (κ1) is 17.3. The van der Waals surface area contributed by atoms with E-state index in [9.17, 15) is 9.90 Å². The number of carbonyl (C=O) groups excluding carboxylic acids is 1.